The van der Waals surface area contributed by atoms with Crippen LogP contribution in [0.4, 0.5) is 26.3 Å². The first kappa shape index (κ1) is 20.2. The van der Waals surface area contributed by atoms with E-state index in [9.17, 15) is 26.3 Å². The summed E-state index contributed by atoms with van der Waals surface area (Å²) in [6.07, 6.45) is -7.02. The molecule has 3 rings (SSSR count). The van der Waals surface area contributed by atoms with Gasteiger partial charge >= 0.3 is 12.4 Å². The zero-order valence-electron chi connectivity index (χ0n) is 14.2. The maximum Gasteiger partial charge on any atom is 0.417 e. The second-order valence-corrected chi connectivity index (χ2v) is 6.86. The van der Waals surface area contributed by atoms with E-state index in [1.54, 1.807) is 6.92 Å². The molecule has 1 aromatic carbocycles. The minimum Gasteiger partial charge on any atom is -0.251 e. The van der Waals surface area contributed by atoms with E-state index in [1.807, 2.05) is 0 Å². The summed E-state index contributed by atoms with van der Waals surface area (Å²) in [4.78, 5) is 8.17. The van der Waals surface area contributed by atoms with Crippen LogP contribution in [0, 0.1) is 0 Å². The van der Waals surface area contributed by atoms with Gasteiger partial charge < -0.3 is 0 Å². The zero-order chi connectivity index (χ0) is 20.5. The van der Waals surface area contributed by atoms with E-state index in [0.29, 0.717) is 17.6 Å². The molecule has 0 saturated carbocycles. The van der Waals surface area contributed by atoms with Crippen LogP contribution in [-0.2, 0) is 12.4 Å². The van der Waals surface area contributed by atoms with Gasteiger partial charge in [-0.25, -0.2) is 9.67 Å². The van der Waals surface area contributed by atoms with E-state index in [2.05, 4.69) is 15.1 Å². The lowest BCUT2D eigenvalue weighted by atomic mass is 10.2. The van der Waals surface area contributed by atoms with Gasteiger partial charge in [0.1, 0.15) is 12.0 Å². The molecular weight excluding hydrogens is 406 g/mol. The molecule has 148 valence electrons. The number of hydrogen-bond donors (Lipinski definition) is 0. The maximum absolute atomic E-state index is 12.9. The van der Waals surface area contributed by atoms with Gasteiger partial charge in [0.05, 0.1) is 16.8 Å². The molecule has 0 radical (unpaired) electrons. The lowest BCUT2D eigenvalue weighted by Gasteiger charge is -2.10. The molecule has 28 heavy (non-hydrogen) atoms. The Morgan fingerprint density at radius 2 is 1.57 bits per heavy atom. The molecule has 0 spiro atoms. The second-order valence-electron chi connectivity index (χ2n) is 5.56. The Morgan fingerprint density at radius 3 is 2.14 bits per heavy atom. The monoisotopic (exact) mass is 418 g/mol. The van der Waals surface area contributed by atoms with Gasteiger partial charge in [0.15, 0.2) is 0 Å². The Labute approximate surface area is 159 Å². The number of rotatable bonds is 4. The third-order valence-corrected chi connectivity index (χ3v) is 4.55. The Hall–Kier alpha value is -2.56. The summed E-state index contributed by atoms with van der Waals surface area (Å²) in [5, 5.41) is 4.14. The van der Waals surface area contributed by atoms with Crippen molar-refractivity contribution in [1.82, 2.24) is 19.7 Å². The molecular formula is C17H12F6N4S. The van der Waals surface area contributed by atoms with E-state index in [4.69, 9.17) is 0 Å². The highest BCUT2D eigenvalue weighted by Gasteiger charge is 2.32. The maximum atomic E-state index is 12.9. The molecule has 0 aliphatic carbocycles. The Morgan fingerprint density at radius 1 is 0.929 bits per heavy atom. The number of alkyl halides is 6. The highest BCUT2D eigenvalue weighted by atomic mass is 32.2. The number of pyridine rings is 1. The zero-order valence-corrected chi connectivity index (χ0v) is 15.0. The minimum absolute atomic E-state index is 0.0737. The van der Waals surface area contributed by atoms with Crippen LogP contribution in [0.3, 0.4) is 0 Å². The average molecular weight is 418 g/mol. The molecule has 3 aromatic rings. The number of nitrogens with zero attached hydrogens (tertiary/aromatic N) is 4. The van der Waals surface area contributed by atoms with Crippen LogP contribution in [0.5, 0.6) is 0 Å². The van der Waals surface area contributed by atoms with Gasteiger partial charge in [-0.05, 0) is 36.1 Å². The van der Waals surface area contributed by atoms with Crippen molar-refractivity contribution in [2.45, 2.75) is 24.2 Å². The topological polar surface area (TPSA) is 43.6 Å². The Bertz CT molecular complexity index is 963. The fourth-order valence-corrected chi connectivity index (χ4v) is 3.13. The summed E-state index contributed by atoms with van der Waals surface area (Å²) >= 11 is 1.16. The Kier molecular flexibility index (Phi) is 5.37. The summed E-state index contributed by atoms with van der Waals surface area (Å²) in [5.74, 6) is 0.583. The minimum atomic E-state index is -4.53. The molecule has 11 heteroatoms. The fourth-order valence-electron chi connectivity index (χ4n) is 2.33. The van der Waals surface area contributed by atoms with Crippen molar-refractivity contribution >= 4 is 11.8 Å². The third kappa shape index (κ3) is 4.29. The first-order valence-corrected chi connectivity index (χ1v) is 8.88. The summed E-state index contributed by atoms with van der Waals surface area (Å²) in [6, 6.07) is 5.25. The van der Waals surface area contributed by atoms with Gasteiger partial charge in [0, 0.05) is 11.1 Å². The van der Waals surface area contributed by atoms with Gasteiger partial charge in [0.25, 0.3) is 0 Å². The number of thioether (sulfide) groups is 1. The van der Waals surface area contributed by atoms with Crippen molar-refractivity contribution in [3.05, 3.63) is 54.0 Å². The Balaban J connectivity index is 1.95. The van der Waals surface area contributed by atoms with Crippen LogP contribution in [-0.4, -0.2) is 25.5 Å². The smallest absolute Gasteiger partial charge is 0.251 e. The normalized spacial score (nSPS) is 12.4. The van der Waals surface area contributed by atoms with Crippen LogP contribution < -0.4 is 0 Å². The first-order valence-electron chi connectivity index (χ1n) is 7.89. The number of benzene rings is 1. The number of halogens is 6. The van der Waals surface area contributed by atoms with E-state index < -0.39 is 23.5 Å². The lowest BCUT2D eigenvalue weighted by Crippen LogP contribution is -2.07. The predicted molar refractivity (Wildman–Crippen MR) is 91.0 cm³/mol. The van der Waals surface area contributed by atoms with Crippen molar-refractivity contribution in [2.24, 2.45) is 0 Å². The van der Waals surface area contributed by atoms with E-state index in [1.165, 1.54) is 23.1 Å². The largest absolute Gasteiger partial charge is 0.417 e. The van der Waals surface area contributed by atoms with Crippen molar-refractivity contribution in [3.63, 3.8) is 0 Å². The quantitative estimate of drug-likeness (QED) is 0.416. The summed E-state index contributed by atoms with van der Waals surface area (Å²) in [6.45, 7) is 1.78. The molecule has 0 bridgehead atoms. The molecule has 0 unspecified atom stereocenters. The number of hydrogen-bond acceptors (Lipinski definition) is 4. The number of aromatic nitrogens is 4. The van der Waals surface area contributed by atoms with Gasteiger partial charge in [-0.2, -0.15) is 26.3 Å². The van der Waals surface area contributed by atoms with Gasteiger partial charge in [-0.3, -0.25) is 4.98 Å². The average Bonchev–Trinajstić information content (AvgIpc) is 3.10. The summed E-state index contributed by atoms with van der Waals surface area (Å²) in [5.41, 5.74) is -1.19. The standard InChI is InChI=1S/C17H12F6N4S/c1-2-28-13-7-11(17(21,22)23)8-24-14(13)15-25-9-27(26-15)12-5-3-10(4-6-12)16(18,19)20/h3-9H,2H2,1H3. The molecule has 2 heterocycles. The molecule has 0 aliphatic rings. The third-order valence-electron chi connectivity index (χ3n) is 3.64. The van der Waals surface area contributed by atoms with Gasteiger partial charge in [-0.1, -0.05) is 6.92 Å². The van der Waals surface area contributed by atoms with Crippen molar-refractivity contribution < 1.29 is 26.3 Å². The van der Waals surface area contributed by atoms with Crippen molar-refractivity contribution in [2.75, 3.05) is 5.75 Å². The van der Waals surface area contributed by atoms with E-state index in [0.717, 1.165) is 30.0 Å². The molecule has 0 fully saturated rings. The van der Waals surface area contributed by atoms with Gasteiger partial charge in [0.2, 0.25) is 5.82 Å². The summed E-state index contributed by atoms with van der Waals surface area (Å²) < 4.78 is 78.0. The molecule has 0 saturated heterocycles. The molecule has 0 N–H and O–H groups in total. The summed E-state index contributed by atoms with van der Waals surface area (Å²) in [7, 11) is 0. The van der Waals surface area contributed by atoms with Crippen molar-refractivity contribution in [3.8, 4) is 17.2 Å². The first-order chi connectivity index (χ1) is 13.1. The van der Waals surface area contributed by atoms with Crippen molar-refractivity contribution in [1.29, 1.82) is 0 Å². The molecule has 2 aromatic heterocycles. The SMILES string of the molecule is CCSc1cc(C(F)(F)F)cnc1-c1ncn(-c2ccc(C(F)(F)F)cc2)n1. The molecule has 0 aliphatic heterocycles. The molecule has 0 amide bonds. The van der Waals surface area contributed by atoms with Crippen LogP contribution in [0.1, 0.15) is 18.1 Å². The lowest BCUT2D eigenvalue weighted by molar-refractivity contribution is -0.138. The second kappa shape index (κ2) is 7.46. The highest BCUT2D eigenvalue weighted by molar-refractivity contribution is 7.99. The predicted octanol–water partition coefficient (Wildman–Crippen LogP) is 5.48. The van der Waals surface area contributed by atoms with Crippen LogP contribution >= 0.6 is 11.8 Å². The highest BCUT2D eigenvalue weighted by Crippen LogP contribution is 2.35. The van der Waals surface area contributed by atoms with Crippen LogP contribution in [0.15, 0.2) is 47.8 Å². The van der Waals surface area contributed by atoms with Crippen LogP contribution in [0.2, 0.25) is 0 Å². The van der Waals surface area contributed by atoms with E-state index >= 15 is 0 Å². The molecule has 4 nitrogen and oxygen atoms in total. The van der Waals surface area contributed by atoms with Crippen LogP contribution in [0.25, 0.3) is 17.2 Å². The fraction of sp³-hybridized carbons (Fsp3) is 0.235. The van der Waals surface area contributed by atoms with E-state index in [-0.39, 0.29) is 16.4 Å². The molecule has 0 atom stereocenters. The van der Waals surface area contributed by atoms with Gasteiger partial charge in [-0.15, -0.1) is 16.9 Å².